The molecule has 0 amide bonds. The van der Waals surface area contributed by atoms with Crippen molar-refractivity contribution >= 4 is 0 Å². The molecule has 0 saturated carbocycles. The number of unbranched alkanes of at least 4 members (excludes halogenated alkanes) is 2. The number of aromatic nitrogens is 1. The Morgan fingerprint density at radius 2 is 2.33 bits per heavy atom. The second-order valence-electron chi connectivity index (χ2n) is 3.56. The Hall–Kier alpha value is -1.40. The zero-order valence-corrected chi connectivity index (χ0v) is 9.16. The molecule has 1 N–H and O–H groups in total. The molecule has 0 aliphatic carbocycles. The molecule has 0 bridgehead atoms. The van der Waals surface area contributed by atoms with Crippen molar-refractivity contribution in [2.45, 2.75) is 32.7 Å². The minimum atomic E-state index is 0.657. The maximum absolute atomic E-state index is 8.36. The van der Waals surface area contributed by atoms with E-state index < -0.39 is 0 Å². The van der Waals surface area contributed by atoms with Gasteiger partial charge in [-0.3, -0.25) is 4.98 Å². The standard InChI is InChI=1S/C12H17N3/c1-11-6-5-9-15-12(11)10-14-8-4-2-3-7-13/h5-6,9,14H,2-4,8,10H2,1H3. The highest BCUT2D eigenvalue weighted by Crippen LogP contribution is 2.02. The predicted octanol–water partition coefficient (Wildman–Crippen LogP) is 2.17. The zero-order chi connectivity index (χ0) is 10.9. The van der Waals surface area contributed by atoms with Crippen LogP contribution in [0.4, 0.5) is 0 Å². The van der Waals surface area contributed by atoms with Crippen molar-refractivity contribution in [3.63, 3.8) is 0 Å². The van der Waals surface area contributed by atoms with Crippen LogP contribution >= 0.6 is 0 Å². The van der Waals surface area contributed by atoms with Crippen LogP contribution in [0.15, 0.2) is 18.3 Å². The normalized spacial score (nSPS) is 9.87. The van der Waals surface area contributed by atoms with Gasteiger partial charge in [0.1, 0.15) is 0 Å². The first-order chi connectivity index (χ1) is 7.34. The maximum Gasteiger partial charge on any atom is 0.0621 e. The third-order valence-electron chi connectivity index (χ3n) is 2.30. The van der Waals surface area contributed by atoms with E-state index in [0.29, 0.717) is 6.42 Å². The average molecular weight is 203 g/mol. The highest BCUT2D eigenvalue weighted by atomic mass is 14.9. The third-order valence-corrected chi connectivity index (χ3v) is 2.30. The lowest BCUT2D eigenvalue weighted by atomic mass is 10.2. The van der Waals surface area contributed by atoms with E-state index in [4.69, 9.17) is 5.26 Å². The Morgan fingerprint density at radius 3 is 3.07 bits per heavy atom. The van der Waals surface area contributed by atoms with Crippen molar-refractivity contribution in [2.75, 3.05) is 6.54 Å². The van der Waals surface area contributed by atoms with Gasteiger partial charge in [-0.2, -0.15) is 5.26 Å². The van der Waals surface area contributed by atoms with E-state index in [9.17, 15) is 0 Å². The van der Waals surface area contributed by atoms with E-state index in [1.54, 1.807) is 0 Å². The molecule has 1 aromatic heterocycles. The van der Waals surface area contributed by atoms with Crippen molar-refractivity contribution in [2.24, 2.45) is 0 Å². The zero-order valence-electron chi connectivity index (χ0n) is 9.16. The van der Waals surface area contributed by atoms with Crippen LogP contribution in [0.3, 0.4) is 0 Å². The van der Waals surface area contributed by atoms with Gasteiger partial charge in [0.05, 0.1) is 11.8 Å². The number of nitrogens with one attached hydrogen (secondary N) is 1. The molecule has 0 aliphatic rings. The molecule has 0 fully saturated rings. The van der Waals surface area contributed by atoms with Crippen molar-refractivity contribution in [3.8, 4) is 6.07 Å². The third kappa shape index (κ3) is 4.57. The van der Waals surface area contributed by atoms with Crippen LogP contribution < -0.4 is 5.32 Å². The Morgan fingerprint density at radius 1 is 1.47 bits per heavy atom. The van der Waals surface area contributed by atoms with Crippen LogP contribution in [0.25, 0.3) is 0 Å². The second-order valence-corrected chi connectivity index (χ2v) is 3.56. The van der Waals surface area contributed by atoms with Crippen LogP contribution in [0.5, 0.6) is 0 Å². The monoisotopic (exact) mass is 203 g/mol. The molecule has 80 valence electrons. The summed E-state index contributed by atoms with van der Waals surface area (Å²) in [6.45, 7) is 3.84. The molecule has 1 aromatic rings. The number of pyridine rings is 1. The largest absolute Gasteiger partial charge is 0.311 e. The number of nitrogens with zero attached hydrogens (tertiary/aromatic N) is 2. The van der Waals surface area contributed by atoms with E-state index in [1.807, 2.05) is 12.3 Å². The fraction of sp³-hybridized carbons (Fsp3) is 0.500. The summed E-state index contributed by atoms with van der Waals surface area (Å²) < 4.78 is 0. The fourth-order valence-corrected chi connectivity index (χ4v) is 1.36. The van der Waals surface area contributed by atoms with Gasteiger partial charge < -0.3 is 5.32 Å². The molecular formula is C12H17N3. The van der Waals surface area contributed by atoms with Crippen LogP contribution in [0.1, 0.15) is 30.5 Å². The van der Waals surface area contributed by atoms with Crippen molar-refractivity contribution < 1.29 is 0 Å². The van der Waals surface area contributed by atoms with Gasteiger partial charge in [0.15, 0.2) is 0 Å². The minimum absolute atomic E-state index is 0.657. The molecule has 0 atom stereocenters. The lowest BCUT2D eigenvalue weighted by molar-refractivity contribution is 0.620. The lowest BCUT2D eigenvalue weighted by Crippen LogP contribution is -2.16. The van der Waals surface area contributed by atoms with Gasteiger partial charge in [-0.25, -0.2) is 0 Å². The highest BCUT2D eigenvalue weighted by molar-refractivity contribution is 5.17. The predicted molar refractivity (Wildman–Crippen MR) is 60.1 cm³/mol. The first kappa shape index (κ1) is 11.7. The second kappa shape index (κ2) is 6.97. The van der Waals surface area contributed by atoms with Gasteiger partial charge >= 0.3 is 0 Å². The quantitative estimate of drug-likeness (QED) is 0.721. The average Bonchev–Trinajstić information content (AvgIpc) is 2.25. The van der Waals surface area contributed by atoms with E-state index in [-0.39, 0.29) is 0 Å². The van der Waals surface area contributed by atoms with Gasteiger partial charge in [-0.15, -0.1) is 0 Å². The topological polar surface area (TPSA) is 48.7 Å². The van der Waals surface area contributed by atoms with Gasteiger partial charge in [-0.05, 0) is 37.9 Å². The summed E-state index contributed by atoms with van der Waals surface area (Å²) in [7, 11) is 0. The van der Waals surface area contributed by atoms with Gasteiger partial charge in [0.25, 0.3) is 0 Å². The van der Waals surface area contributed by atoms with Crippen LogP contribution in [0.2, 0.25) is 0 Å². The molecule has 1 heterocycles. The molecule has 0 unspecified atom stereocenters. The summed E-state index contributed by atoms with van der Waals surface area (Å²) in [4.78, 5) is 4.30. The molecule has 0 saturated heterocycles. The molecule has 0 spiro atoms. The number of hydrogen-bond donors (Lipinski definition) is 1. The maximum atomic E-state index is 8.36. The van der Waals surface area contributed by atoms with E-state index in [2.05, 4.69) is 29.4 Å². The smallest absolute Gasteiger partial charge is 0.0621 e. The van der Waals surface area contributed by atoms with Gasteiger partial charge in [0, 0.05) is 19.2 Å². The van der Waals surface area contributed by atoms with Crippen LogP contribution in [0, 0.1) is 18.3 Å². The van der Waals surface area contributed by atoms with Crippen molar-refractivity contribution in [3.05, 3.63) is 29.6 Å². The molecule has 0 aromatic carbocycles. The van der Waals surface area contributed by atoms with Gasteiger partial charge in [0.2, 0.25) is 0 Å². The number of aryl methyl sites for hydroxylation is 1. The molecular weight excluding hydrogens is 186 g/mol. The van der Waals surface area contributed by atoms with Gasteiger partial charge in [-0.1, -0.05) is 6.07 Å². The van der Waals surface area contributed by atoms with Crippen molar-refractivity contribution in [1.29, 1.82) is 5.26 Å². The SMILES string of the molecule is Cc1cccnc1CNCCCCC#N. The Balaban J connectivity index is 2.16. The Labute approximate surface area is 91.1 Å². The summed E-state index contributed by atoms with van der Waals surface area (Å²) in [6.07, 6.45) is 4.51. The summed E-state index contributed by atoms with van der Waals surface area (Å²) in [6, 6.07) is 6.16. The van der Waals surface area contributed by atoms with E-state index in [1.165, 1.54) is 5.56 Å². The lowest BCUT2D eigenvalue weighted by Gasteiger charge is -2.05. The molecule has 3 nitrogen and oxygen atoms in total. The number of rotatable bonds is 6. The molecule has 0 radical (unpaired) electrons. The summed E-state index contributed by atoms with van der Waals surface area (Å²) in [5.41, 5.74) is 2.33. The molecule has 3 heteroatoms. The summed E-state index contributed by atoms with van der Waals surface area (Å²) >= 11 is 0. The summed E-state index contributed by atoms with van der Waals surface area (Å²) in [5, 5.41) is 11.7. The molecule has 15 heavy (non-hydrogen) atoms. The molecule has 1 rings (SSSR count). The van der Waals surface area contributed by atoms with Crippen LogP contribution in [-0.2, 0) is 6.54 Å². The minimum Gasteiger partial charge on any atom is -0.311 e. The number of hydrogen-bond acceptors (Lipinski definition) is 3. The Kier molecular flexibility index (Phi) is 5.42. The Bertz CT molecular complexity index is 328. The van der Waals surface area contributed by atoms with Crippen molar-refractivity contribution in [1.82, 2.24) is 10.3 Å². The first-order valence-electron chi connectivity index (χ1n) is 5.32. The van der Waals surface area contributed by atoms with E-state index in [0.717, 1.165) is 31.6 Å². The summed E-state index contributed by atoms with van der Waals surface area (Å²) in [5.74, 6) is 0. The first-order valence-corrected chi connectivity index (χ1v) is 5.32. The fourth-order valence-electron chi connectivity index (χ4n) is 1.36. The number of nitriles is 1. The van der Waals surface area contributed by atoms with E-state index >= 15 is 0 Å². The highest BCUT2D eigenvalue weighted by Gasteiger charge is 1.97. The molecule has 0 aliphatic heterocycles. The van der Waals surface area contributed by atoms with Crippen LogP contribution in [-0.4, -0.2) is 11.5 Å².